The lowest BCUT2D eigenvalue weighted by Crippen LogP contribution is -2.68. The molecule has 1 aromatic carbocycles. The number of aliphatic hydroxyl groups is 1. The molecule has 4 nitrogen and oxygen atoms in total. The largest absolute Gasteiger partial charge is 0.386 e. The molecule has 1 amide bonds. The Kier molecular flexibility index (Phi) is 2.69. The molecular weight excluding hydrogens is 240 g/mol. The van der Waals surface area contributed by atoms with E-state index in [9.17, 15) is 9.90 Å². The number of β-amino-alcohol motifs (C(OH)–C–C–N with tert-alkyl or cyclic N) is 1. The van der Waals surface area contributed by atoms with E-state index >= 15 is 0 Å². The molecule has 1 saturated heterocycles. The Morgan fingerprint density at radius 1 is 1.37 bits per heavy atom. The van der Waals surface area contributed by atoms with Crippen LogP contribution >= 0.6 is 0 Å². The van der Waals surface area contributed by atoms with Gasteiger partial charge in [-0.3, -0.25) is 4.79 Å². The first-order valence-electron chi connectivity index (χ1n) is 6.80. The highest BCUT2D eigenvalue weighted by Gasteiger charge is 2.55. The highest BCUT2D eigenvalue weighted by Crippen LogP contribution is 2.45. The molecule has 1 aromatic rings. The van der Waals surface area contributed by atoms with Gasteiger partial charge >= 0.3 is 0 Å². The highest BCUT2D eigenvalue weighted by molar-refractivity contribution is 5.88. The quantitative estimate of drug-likeness (QED) is 0.846. The Labute approximate surface area is 113 Å². The van der Waals surface area contributed by atoms with Crippen molar-refractivity contribution in [3.05, 3.63) is 35.9 Å². The van der Waals surface area contributed by atoms with Crippen LogP contribution in [0.1, 0.15) is 25.3 Å². The fraction of sp³-hybridized carbons (Fsp3) is 0.533. The first-order valence-corrected chi connectivity index (χ1v) is 6.80. The molecule has 3 N–H and O–H groups in total. The van der Waals surface area contributed by atoms with Gasteiger partial charge in [-0.05, 0) is 31.2 Å². The van der Waals surface area contributed by atoms with Crippen molar-refractivity contribution >= 4 is 5.91 Å². The van der Waals surface area contributed by atoms with Crippen molar-refractivity contribution in [1.82, 2.24) is 4.90 Å². The lowest BCUT2D eigenvalue weighted by molar-refractivity contribution is -0.164. The molecular formula is C15H20N2O2. The normalized spacial score (nSPS) is 24.5. The lowest BCUT2D eigenvalue weighted by atomic mass is 9.84. The van der Waals surface area contributed by atoms with Gasteiger partial charge < -0.3 is 15.7 Å². The monoisotopic (exact) mass is 260 g/mol. The summed E-state index contributed by atoms with van der Waals surface area (Å²) < 4.78 is 0. The Morgan fingerprint density at radius 3 is 2.47 bits per heavy atom. The van der Waals surface area contributed by atoms with Gasteiger partial charge in [0.05, 0.1) is 13.1 Å². The molecule has 1 aliphatic carbocycles. The van der Waals surface area contributed by atoms with Gasteiger partial charge in [0.2, 0.25) is 5.91 Å². The number of hydrogen-bond donors (Lipinski definition) is 2. The highest BCUT2D eigenvalue weighted by atomic mass is 16.3. The number of benzene rings is 1. The molecule has 1 aliphatic heterocycles. The average Bonchev–Trinajstić information content (AvgIpc) is 3.19. The Morgan fingerprint density at radius 2 is 1.95 bits per heavy atom. The van der Waals surface area contributed by atoms with Crippen molar-refractivity contribution in [1.29, 1.82) is 0 Å². The maximum atomic E-state index is 12.5. The second-order valence-electron chi connectivity index (χ2n) is 6.11. The number of carbonyl (C=O) groups excluding carboxylic acids is 1. The number of amides is 1. The van der Waals surface area contributed by atoms with Crippen LogP contribution in [0.4, 0.5) is 0 Å². The molecule has 0 radical (unpaired) electrons. The summed E-state index contributed by atoms with van der Waals surface area (Å²) in [6.45, 7) is 2.59. The number of rotatable bonds is 3. The minimum absolute atomic E-state index is 0.107. The first kappa shape index (κ1) is 12.6. The molecule has 3 rings (SSSR count). The molecule has 0 aromatic heterocycles. The summed E-state index contributed by atoms with van der Waals surface area (Å²) >= 11 is 0. The maximum absolute atomic E-state index is 12.5. The fourth-order valence-electron chi connectivity index (χ4n) is 2.87. The summed E-state index contributed by atoms with van der Waals surface area (Å²) in [5.74, 6) is 0.279. The molecule has 2 fully saturated rings. The summed E-state index contributed by atoms with van der Waals surface area (Å²) in [7, 11) is 0. The smallest absolute Gasteiger partial charge is 0.247 e. The van der Waals surface area contributed by atoms with Crippen molar-refractivity contribution in [2.45, 2.75) is 30.9 Å². The van der Waals surface area contributed by atoms with Gasteiger partial charge in [0.1, 0.15) is 11.1 Å². The fourth-order valence-corrected chi connectivity index (χ4v) is 2.87. The van der Waals surface area contributed by atoms with E-state index in [0.29, 0.717) is 19.0 Å². The van der Waals surface area contributed by atoms with Crippen LogP contribution in [0.2, 0.25) is 0 Å². The number of nitrogens with zero attached hydrogens (tertiary/aromatic N) is 1. The summed E-state index contributed by atoms with van der Waals surface area (Å²) in [5, 5.41) is 10.3. The van der Waals surface area contributed by atoms with E-state index in [2.05, 4.69) is 0 Å². The van der Waals surface area contributed by atoms with Crippen LogP contribution in [0.3, 0.4) is 0 Å². The van der Waals surface area contributed by atoms with Gasteiger partial charge in [0.25, 0.3) is 0 Å². The van der Waals surface area contributed by atoms with E-state index < -0.39 is 11.1 Å². The third-order valence-electron chi connectivity index (χ3n) is 4.37. The van der Waals surface area contributed by atoms with E-state index in [1.165, 1.54) is 0 Å². The topological polar surface area (TPSA) is 66.6 Å². The third kappa shape index (κ3) is 2.05. The maximum Gasteiger partial charge on any atom is 0.247 e. The van der Waals surface area contributed by atoms with Crippen LogP contribution in [0, 0.1) is 5.92 Å². The molecule has 4 heteroatoms. The van der Waals surface area contributed by atoms with Crippen molar-refractivity contribution in [3.63, 3.8) is 0 Å². The van der Waals surface area contributed by atoms with Crippen molar-refractivity contribution in [2.24, 2.45) is 11.7 Å². The predicted octanol–water partition coefficient (Wildman–Crippen LogP) is 0.844. The summed E-state index contributed by atoms with van der Waals surface area (Å²) in [4.78, 5) is 14.1. The van der Waals surface area contributed by atoms with Crippen molar-refractivity contribution in [3.8, 4) is 0 Å². The summed E-state index contributed by atoms with van der Waals surface area (Å²) in [5.41, 5.74) is 5.33. The number of nitrogens with two attached hydrogens (primary N) is 1. The molecule has 0 spiro atoms. The summed E-state index contributed by atoms with van der Waals surface area (Å²) in [6.07, 6.45) is 2.16. The Hall–Kier alpha value is -1.39. The summed E-state index contributed by atoms with van der Waals surface area (Å²) in [6, 6.07) is 9.39. The molecule has 19 heavy (non-hydrogen) atoms. The van der Waals surface area contributed by atoms with Crippen LogP contribution in [0.5, 0.6) is 0 Å². The number of carbonyl (C=O) groups is 1. The second-order valence-corrected chi connectivity index (χ2v) is 6.11. The second kappa shape index (κ2) is 4.05. The number of likely N-dealkylation sites (tertiary alicyclic amines) is 1. The van der Waals surface area contributed by atoms with E-state index in [4.69, 9.17) is 5.73 Å². The lowest BCUT2D eigenvalue weighted by Gasteiger charge is -2.49. The van der Waals surface area contributed by atoms with Gasteiger partial charge in [0, 0.05) is 0 Å². The molecule has 1 saturated carbocycles. The minimum Gasteiger partial charge on any atom is -0.386 e. The van der Waals surface area contributed by atoms with E-state index in [1.54, 1.807) is 11.8 Å². The predicted molar refractivity (Wildman–Crippen MR) is 72.2 cm³/mol. The Balaban J connectivity index is 1.71. The zero-order chi connectivity index (χ0) is 13.7. The molecule has 1 heterocycles. The standard InChI is InChI=1S/C15H20N2O2/c1-14(16,11-5-3-2-4-6-11)13(18)17-9-15(19,10-17)12-7-8-12/h2-6,12,19H,7-10,16H2,1H3. The van der Waals surface area contributed by atoms with Gasteiger partial charge in [-0.15, -0.1) is 0 Å². The SMILES string of the molecule is CC(N)(C(=O)N1CC(O)(C2CC2)C1)c1ccccc1. The van der Waals surface area contributed by atoms with Crippen LogP contribution in [-0.4, -0.2) is 34.6 Å². The Bertz CT molecular complexity index is 488. The van der Waals surface area contributed by atoms with Crippen LogP contribution in [-0.2, 0) is 10.3 Å². The molecule has 1 atom stereocenters. The third-order valence-corrected chi connectivity index (χ3v) is 4.37. The first-order chi connectivity index (χ1) is 8.93. The zero-order valence-electron chi connectivity index (χ0n) is 11.2. The van der Waals surface area contributed by atoms with Gasteiger partial charge in [0.15, 0.2) is 0 Å². The average molecular weight is 260 g/mol. The van der Waals surface area contributed by atoms with Gasteiger partial charge in [-0.1, -0.05) is 30.3 Å². The number of hydrogen-bond acceptors (Lipinski definition) is 3. The van der Waals surface area contributed by atoms with Crippen LogP contribution in [0.15, 0.2) is 30.3 Å². The molecule has 1 unspecified atom stereocenters. The van der Waals surface area contributed by atoms with Crippen molar-refractivity contribution in [2.75, 3.05) is 13.1 Å². The molecule has 0 bridgehead atoms. The van der Waals surface area contributed by atoms with Gasteiger partial charge in [-0.2, -0.15) is 0 Å². The van der Waals surface area contributed by atoms with E-state index in [1.807, 2.05) is 30.3 Å². The van der Waals surface area contributed by atoms with E-state index in [0.717, 1.165) is 18.4 Å². The molecule has 102 valence electrons. The molecule has 2 aliphatic rings. The zero-order valence-corrected chi connectivity index (χ0v) is 11.2. The van der Waals surface area contributed by atoms with E-state index in [-0.39, 0.29) is 5.91 Å². The van der Waals surface area contributed by atoms with Gasteiger partial charge in [-0.25, -0.2) is 0 Å². The van der Waals surface area contributed by atoms with Crippen LogP contribution < -0.4 is 5.73 Å². The van der Waals surface area contributed by atoms with Crippen LogP contribution in [0.25, 0.3) is 0 Å². The van der Waals surface area contributed by atoms with Crippen molar-refractivity contribution < 1.29 is 9.90 Å². The minimum atomic E-state index is -1.02.